The number of rotatable bonds is 7. The van der Waals surface area contributed by atoms with Gasteiger partial charge in [0, 0.05) is 48.3 Å². The Hall–Kier alpha value is -4.76. The van der Waals surface area contributed by atoms with Crippen LogP contribution < -0.4 is 10.6 Å². The predicted molar refractivity (Wildman–Crippen MR) is 178 cm³/mol. The van der Waals surface area contributed by atoms with Crippen LogP contribution in [0.4, 0.5) is 16.3 Å². The average Bonchev–Trinajstić information content (AvgIpc) is 3.46. The van der Waals surface area contributed by atoms with Gasteiger partial charge in [-0.05, 0) is 30.0 Å². The van der Waals surface area contributed by atoms with E-state index in [1.54, 1.807) is 6.07 Å². The Kier molecular flexibility index (Phi) is 8.76. The van der Waals surface area contributed by atoms with E-state index in [2.05, 4.69) is 36.7 Å². The molecule has 3 aromatic heterocycles. The average molecular weight is 657 g/mol. The van der Waals surface area contributed by atoms with Gasteiger partial charge in [-0.3, -0.25) is 19.8 Å². The maximum absolute atomic E-state index is 13.5. The van der Waals surface area contributed by atoms with Gasteiger partial charge in [-0.15, -0.1) is 0 Å². The van der Waals surface area contributed by atoms with E-state index in [0.717, 1.165) is 60.4 Å². The highest BCUT2D eigenvalue weighted by atomic mass is 32.2. The fourth-order valence-electron chi connectivity index (χ4n) is 5.39. The molecule has 0 spiro atoms. The van der Waals surface area contributed by atoms with Gasteiger partial charge >= 0.3 is 16.1 Å². The fraction of sp³-hybridized carbons (Fsp3) is 0.303. The van der Waals surface area contributed by atoms with Crippen molar-refractivity contribution in [2.45, 2.75) is 44.7 Å². The number of urea groups is 1. The number of hydrogen-bond acceptors (Lipinski definition) is 9. The second kappa shape index (κ2) is 12.8. The van der Waals surface area contributed by atoms with E-state index in [1.165, 1.54) is 17.8 Å². The highest BCUT2D eigenvalue weighted by Crippen LogP contribution is 2.34. The van der Waals surface area contributed by atoms with Crippen LogP contribution in [0.15, 0.2) is 72.0 Å². The van der Waals surface area contributed by atoms with Crippen molar-refractivity contribution >= 4 is 38.4 Å². The Labute approximate surface area is 272 Å². The zero-order chi connectivity index (χ0) is 33.3. The quantitative estimate of drug-likeness (QED) is 0.157. The summed E-state index contributed by atoms with van der Waals surface area (Å²) in [6.45, 7) is 11.3. The molecule has 2 aromatic carbocycles. The zero-order valence-corrected chi connectivity index (χ0v) is 27.4. The Morgan fingerprint density at radius 3 is 2.40 bits per heavy atom. The summed E-state index contributed by atoms with van der Waals surface area (Å²) in [5, 5.41) is 11.4. The normalized spacial score (nSPS) is 14.3. The van der Waals surface area contributed by atoms with Crippen LogP contribution in [-0.2, 0) is 26.8 Å². The monoisotopic (exact) mass is 656 g/mol. The number of nitrogens with zero attached hydrogens (tertiary/aromatic N) is 6. The van der Waals surface area contributed by atoms with Crippen LogP contribution in [-0.4, -0.2) is 74.9 Å². The second-order valence-corrected chi connectivity index (χ2v) is 13.7. The number of carbonyl (C=O) groups excluding carboxylic acids is 1. The van der Waals surface area contributed by atoms with Gasteiger partial charge in [0.1, 0.15) is 17.3 Å². The van der Waals surface area contributed by atoms with E-state index in [1.807, 2.05) is 69.4 Å². The number of hydrogen-bond donors (Lipinski definition) is 3. The van der Waals surface area contributed by atoms with Crippen molar-refractivity contribution in [2.24, 2.45) is 0 Å². The number of pyridine rings is 1. The smallest absolute Gasteiger partial charge is 0.324 e. The van der Waals surface area contributed by atoms with Gasteiger partial charge in [-0.2, -0.15) is 13.5 Å². The van der Waals surface area contributed by atoms with Crippen LogP contribution in [0, 0.1) is 6.92 Å². The molecule has 13 nitrogen and oxygen atoms in total. The highest BCUT2D eigenvalue weighted by Gasteiger charge is 2.27. The number of ether oxygens (including phenoxy) is 1. The number of nitrogens with one attached hydrogen (secondary N) is 2. The molecule has 244 valence electrons. The third kappa shape index (κ3) is 7.15. The van der Waals surface area contributed by atoms with Gasteiger partial charge in [0.15, 0.2) is 0 Å². The number of fused-ring (bicyclic) bond motifs is 1. The maximum atomic E-state index is 13.5. The van der Waals surface area contributed by atoms with Crippen LogP contribution in [0.3, 0.4) is 0 Å². The van der Waals surface area contributed by atoms with Crippen LogP contribution in [0.5, 0.6) is 0 Å². The number of morpholine rings is 1. The number of amides is 2. The molecule has 2 amide bonds. The first-order valence-electron chi connectivity index (χ1n) is 15.1. The summed E-state index contributed by atoms with van der Waals surface area (Å²) in [7, 11) is -4.74. The molecule has 1 aliphatic heterocycles. The third-order valence-corrected chi connectivity index (χ3v) is 8.63. The number of anilines is 2. The first kappa shape index (κ1) is 32.2. The minimum absolute atomic E-state index is 0.108. The number of carbonyl (C=O) groups is 1. The summed E-state index contributed by atoms with van der Waals surface area (Å²) in [5.41, 5.74) is 3.49. The summed E-state index contributed by atoms with van der Waals surface area (Å²) < 4.78 is 41.0. The van der Waals surface area contributed by atoms with Crippen molar-refractivity contribution in [2.75, 3.05) is 36.9 Å². The highest BCUT2D eigenvalue weighted by molar-refractivity contribution is 7.85. The Morgan fingerprint density at radius 2 is 1.72 bits per heavy atom. The van der Waals surface area contributed by atoms with E-state index in [-0.39, 0.29) is 17.3 Å². The number of benzene rings is 2. The molecule has 0 saturated carbocycles. The summed E-state index contributed by atoms with van der Waals surface area (Å²) in [6, 6.07) is 16.7. The molecule has 1 fully saturated rings. The van der Waals surface area contributed by atoms with E-state index in [4.69, 9.17) is 9.72 Å². The Bertz CT molecular complexity index is 2050. The van der Waals surface area contributed by atoms with Crippen LogP contribution in [0.2, 0.25) is 0 Å². The Morgan fingerprint density at radius 1 is 0.979 bits per heavy atom. The van der Waals surface area contributed by atoms with Crippen molar-refractivity contribution in [3.63, 3.8) is 0 Å². The predicted octanol–water partition coefficient (Wildman–Crippen LogP) is 5.21. The SMILES string of the molecule is Cc1ncc(-n2nc(C(C)(C)C)cc2NC(=O)Nc2ccc(-c3ccc(CN4CCOCC4)nc3)c3ccccc23)c(S(=O)(=O)O)n1. The van der Waals surface area contributed by atoms with Crippen LogP contribution in [0.25, 0.3) is 27.6 Å². The molecule has 0 radical (unpaired) electrons. The van der Waals surface area contributed by atoms with Crippen molar-refractivity contribution in [3.05, 3.63) is 84.2 Å². The van der Waals surface area contributed by atoms with Gasteiger partial charge in [0.2, 0.25) is 5.03 Å². The van der Waals surface area contributed by atoms with Gasteiger partial charge in [0.25, 0.3) is 0 Å². The van der Waals surface area contributed by atoms with Crippen LogP contribution in [0.1, 0.15) is 38.0 Å². The van der Waals surface area contributed by atoms with Crippen molar-refractivity contribution in [3.8, 4) is 16.8 Å². The summed E-state index contributed by atoms with van der Waals surface area (Å²) in [4.78, 5) is 28.5. The van der Waals surface area contributed by atoms with Gasteiger partial charge in [-0.25, -0.2) is 19.4 Å². The summed E-state index contributed by atoms with van der Waals surface area (Å²) >= 11 is 0. The van der Waals surface area contributed by atoms with Gasteiger partial charge in [-0.1, -0.05) is 57.2 Å². The molecule has 0 bridgehead atoms. The molecule has 4 heterocycles. The first-order chi connectivity index (χ1) is 22.4. The molecule has 1 aliphatic rings. The summed E-state index contributed by atoms with van der Waals surface area (Å²) in [5.74, 6) is 0.306. The maximum Gasteiger partial charge on any atom is 0.324 e. The molecule has 0 atom stereocenters. The van der Waals surface area contributed by atoms with E-state index in [0.29, 0.717) is 11.4 Å². The lowest BCUT2D eigenvalue weighted by Crippen LogP contribution is -2.35. The molecule has 1 saturated heterocycles. The minimum Gasteiger partial charge on any atom is -0.379 e. The summed E-state index contributed by atoms with van der Waals surface area (Å²) in [6.07, 6.45) is 3.12. The van der Waals surface area contributed by atoms with Crippen molar-refractivity contribution in [1.82, 2.24) is 29.6 Å². The lowest BCUT2D eigenvalue weighted by atomic mass is 9.92. The first-order valence-corrected chi connectivity index (χ1v) is 16.6. The molecule has 6 rings (SSSR count). The van der Waals surface area contributed by atoms with Crippen molar-refractivity contribution < 1.29 is 22.5 Å². The third-order valence-electron chi connectivity index (χ3n) is 7.85. The second-order valence-electron chi connectivity index (χ2n) is 12.4. The van der Waals surface area contributed by atoms with Gasteiger partial charge in [0.05, 0.1) is 36.5 Å². The molecule has 3 N–H and O–H groups in total. The molecule has 0 unspecified atom stereocenters. The molecular formula is C33H36N8O5S. The molecule has 14 heteroatoms. The molecule has 47 heavy (non-hydrogen) atoms. The van der Waals surface area contributed by atoms with E-state index >= 15 is 0 Å². The molecule has 0 aliphatic carbocycles. The number of aromatic nitrogens is 5. The minimum atomic E-state index is -4.74. The zero-order valence-electron chi connectivity index (χ0n) is 26.6. The molecule has 5 aromatic rings. The van der Waals surface area contributed by atoms with E-state index in [9.17, 15) is 17.8 Å². The Balaban J connectivity index is 1.28. The standard InChI is InChI=1S/C33H36N8O5S/c1-21-34-19-28(31(36-21)47(43,44)45)41-30(17-29(39-41)33(2,3)4)38-32(42)37-27-12-11-24(25-7-5-6-8-26(25)27)22-9-10-23(35-18-22)20-40-13-15-46-16-14-40/h5-12,17-19H,13-16,20H2,1-4H3,(H2,37,38,42)(H,43,44,45). The fourth-order valence-corrected chi connectivity index (χ4v) is 6.04. The van der Waals surface area contributed by atoms with Crippen molar-refractivity contribution in [1.29, 1.82) is 0 Å². The largest absolute Gasteiger partial charge is 0.379 e. The lowest BCUT2D eigenvalue weighted by molar-refractivity contribution is 0.0336. The topological polar surface area (TPSA) is 164 Å². The number of aryl methyl sites for hydroxylation is 1. The molecular weight excluding hydrogens is 620 g/mol. The lowest BCUT2D eigenvalue weighted by Gasteiger charge is -2.26. The van der Waals surface area contributed by atoms with Crippen LogP contribution >= 0.6 is 0 Å². The van der Waals surface area contributed by atoms with E-state index < -0.39 is 26.6 Å². The van der Waals surface area contributed by atoms with Gasteiger partial charge < -0.3 is 10.1 Å².